The second kappa shape index (κ2) is 9.18. The SMILES string of the molecule is Cc1noc(-c2ccc(C(=O)N3CCCN(C(=O)Nc4ccc(Cl)cc4)CC3)cc2)n1. The maximum Gasteiger partial charge on any atom is 0.321 e. The Morgan fingerprint density at radius 3 is 2.32 bits per heavy atom. The Morgan fingerprint density at radius 1 is 0.968 bits per heavy atom. The second-order valence-corrected chi connectivity index (χ2v) is 7.73. The average molecular weight is 440 g/mol. The van der Waals surface area contributed by atoms with Gasteiger partial charge in [-0.1, -0.05) is 16.8 Å². The van der Waals surface area contributed by atoms with Crippen molar-refractivity contribution in [1.29, 1.82) is 0 Å². The molecule has 31 heavy (non-hydrogen) atoms. The van der Waals surface area contributed by atoms with Gasteiger partial charge >= 0.3 is 6.03 Å². The molecule has 160 valence electrons. The molecule has 0 radical (unpaired) electrons. The summed E-state index contributed by atoms with van der Waals surface area (Å²) in [6.07, 6.45) is 0.707. The molecule has 1 fully saturated rings. The Bertz CT molecular complexity index is 1070. The van der Waals surface area contributed by atoms with Gasteiger partial charge in [-0.2, -0.15) is 4.98 Å². The molecule has 9 heteroatoms. The molecule has 3 amide bonds. The molecule has 0 bridgehead atoms. The van der Waals surface area contributed by atoms with Crippen molar-refractivity contribution in [3.63, 3.8) is 0 Å². The third-order valence-corrected chi connectivity index (χ3v) is 5.32. The number of amides is 3. The highest BCUT2D eigenvalue weighted by Gasteiger charge is 2.23. The van der Waals surface area contributed by atoms with Gasteiger partial charge in [0.2, 0.25) is 0 Å². The molecule has 8 nitrogen and oxygen atoms in total. The molecule has 0 saturated carbocycles. The summed E-state index contributed by atoms with van der Waals surface area (Å²) < 4.78 is 5.16. The predicted molar refractivity (Wildman–Crippen MR) is 117 cm³/mol. The van der Waals surface area contributed by atoms with Crippen molar-refractivity contribution in [2.75, 3.05) is 31.5 Å². The Balaban J connectivity index is 1.36. The fraction of sp³-hybridized carbons (Fsp3) is 0.273. The molecule has 1 aliphatic heterocycles. The second-order valence-electron chi connectivity index (χ2n) is 7.29. The standard InChI is InChI=1S/C22H22ClN5O3/c1-15-24-20(31-26-15)16-3-5-17(6-4-16)21(29)27-11-2-12-28(14-13-27)22(30)25-19-9-7-18(23)8-10-19/h3-10H,2,11-14H2,1H3,(H,25,30). The number of nitrogens with one attached hydrogen (secondary N) is 1. The van der Waals surface area contributed by atoms with E-state index in [1.807, 2.05) is 0 Å². The van der Waals surface area contributed by atoms with E-state index in [9.17, 15) is 9.59 Å². The number of carbonyl (C=O) groups excluding carboxylic acids is 2. The van der Waals surface area contributed by atoms with Crippen molar-refractivity contribution in [3.8, 4) is 11.5 Å². The van der Waals surface area contributed by atoms with Crippen LogP contribution in [0.25, 0.3) is 11.5 Å². The fourth-order valence-corrected chi connectivity index (χ4v) is 3.54. The summed E-state index contributed by atoms with van der Waals surface area (Å²) in [6, 6.07) is 13.9. The van der Waals surface area contributed by atoms with E-state index < -0.39 is 0 Å². The largest absolute Gasteiger partial charge is 0.337 e. The van der Waals surface area contributed by atoms with E-state index in [-0.39, 0.29) is 11.9 Å². The third-order valence-electron chi connectivity index (χ3n) is 5.07. The number of carbonyl (C=O) groups is 2. The third kappa shape index (κ3) is 5.03. The van der Waals surface area contributed by atoms with Gasteiger partial charge in [0.15, 0.2) is 5.82 Å². The number of aryl methyl sites for hydroxylation is 1. The minimum absolute atomic E-state index is 0.0618. The molecule has 0 spiro atoms. The van der Waals surface area contributed by atoms with Crippen LogP contribution in [0.2, 0.25) is 5.02 Å². The van der Waals surface area contributed by atoms with Gasteiger partial charge < -0.3 is 19.6 Å². The summed E-state index contributed by atoms with van der Waals surface area (Å²) >= 11 is 5.88. The van der Waals surface area contributed by atoms with E-state index in [2.05, 4.69) is 15.5 Å². The zero-order valence-corrected chi connectivity index (χ0v) is 17.8. The Morgan fingerprint density at radius 2 is 1.65 bits per heavy atom. The number of benzene rings is 2. The first-order valence-corrected chi connectivity index (χ1v) is 10.4. The highest BCUT2D eigenvalue weighted by molar-refractivity contribution is 6.30. The molecule has 2 heterocycles. The van der Waals surface area contributed by atoms with Crippen molar-refractivity contribution >= 4 is 29.2 Å². The lowest BCUT2D eigenvalue weighted by Gasteiger charge is -2.22. The van der Waals surface area contributed by atoms with Crippen LogP contribution < -0.4 is 5.32 Å². The minimum Gasteiger partial charge on any atom is -0.337 e. The zero-order chi connectivity index (χ0) is 21.8. The van der Waals surface area contributed by atoms with E-state index in [0.29, 0.717) is 60.6 Å². The lowest BCUT2D eigenvalue weighted by atomic mass is 10.1. The van der Waals surface area contributed by atoms with Crippen molar-refractivity contribution in [1.82, 2.24) is 19.9 Å². The molecule has 1 saturated heterocycles. The van der Waals surface area contributed by atoms with Gasteiger partial charge in [-0.25, -0.2) is 4.79 Å². The number of aromatic nitrogens is 2. The molecule has 3 aromatic rings. The number of nitrogens with zero attached hydrogens (tertiary/aromatic N) is 4. The van der Waals surface area contributed by atoms with Crippen molar-refractivity contribution in [3.05, 3.63) is 64.9 Å². The first-order valence-electron chi connectivity index (χ1n) is 10.0. The molecule has 1 aliphatic rings. The average Bonchev–Trinajstić information content (AvgIpc) is 3.06. The number of urea groups is 1. The van der Waals surface area contributed by atoms with Gasteiger partial charge in [-0.3, -0.25) is 4.79 Å². The Labute approximate surface area is 184 Å². The van der Waals surface area contributed by atoms with E-state index in [4.69, 9.17) is 16.1 Å². The molecule has 0 aliphatic carbocycles. The van der Waals surface area contributed by atoms with Crippen molar-refractivity contribution < 1.29 is 14.1 Å². The molecule has 2 aromatic carbocycles. The van der Waals surface area contributed by atoms with Crippen LogP contribution in [0.3, 0.4) is 0 Å². The summed E-state index contributed by atoms with van der Waals surface area (Å²) in [6.45, 7) is 3.86. The zero-order valence-electron chi connectivity index (χ0n) is 17.0. The van der Waals surface area contributed by atoms with Gasteiger partial charge in [0, 0.05) is 48.0 Å². The van der Waals surface area contributed by atoms with E-state index in [1.54, 1.807) is 65.3 Å². The topological polar surface area (TPSA) is 91.6 Å². The molecule has 1 N–H and O–H groups in total. The number of hydrogen-bond acceptors (Lipinski definition) is 5. The Kier molecular flexibility index (Phi) is 6.18. The van der Waals surface area contributed by atoms with Crippen LogP contribution in [0.4, 0.5) is 10.5 Å². The lowest BCUT2D eigenvalue weighted by molar-refractivity contribution is 0.0762. The van der Waals surface area contributed by atoms with Crippen molar-refractivity contribution in [2.45, 2.75) is 13.3 Å². The summed E-state index contributed by atoms with van der Waals surface area (Å²) in [5.41, 5.74) is 2.03. The number of rotatable bonds is 3. The Hall–Kier alpha value is -3.39. The van der Waals surface area contributed by atoms with Crippen LogP contribution in [-0.4, -0.2) is 58.1 Å². The van der Waals surface area contributed by atoms with Gasteiger partial charge in [0.1, 0.15) is 0 Å². The highest BCUT2D eigenvalue weighted by atomic mass is 35.5. The molecule has 0 unspecified atom stereocenters. The van der Waals surface area contributed by atoms with Gasteiger partial charge in [-0.15, -0.1) is 0 Å². The summed E-state index contributed by atoms with van der Waals surface area (Å²) in [5.74, 6) is 0.922. The minimum atomic E-state index is -0.184. The first kappa shape index (κ1) is 20.9. The van der Waals surface area contributed by atoms with E-state index >= 15 is 0 Å². The van der Waals surface area contributed by atoms with Gasteiger partial charge in [0.25, 0.3) is 11.8 Å². The van der Waals surface area contributed by atoms with Gasteiger partial charge in [-0.05, 0) is 61.9 Å². The monoisotopic (exact) mass is 439 g/mol. The highest BCUT2D eigenvalue weighted by Crippen LogP contribution is 2.19. The number of halogens is 1. The van der Waals surface area contributed by atoms with Crippen LogP contribution in [0.5, 0.6) is 0 Å². The quantitative estimate of drug-likeness (QED) is 0.663. The smallest absolute Gasteiger partial charge is 0.321 e. The number of anilines is 1. The van der Waals surface area contributed by atoms with Crippen LogP contribution in [-0.2, 0) is 0 Å². The van der Waals surface area contributed by atoms with E-state index in [0.717, 1.165) is 5.56 Å². The summed E-state index contributed by atoms with van der Waals surface area (Å²) in [4.78, 5) is 33.2. The normalized spacial score (nSPS) is 14.3. The molecular formula is C22H22ClN5O3. The van der Waals surface area contributed by atoms with Crippen LogP contribution in [0.1, 0.15) is 22.6 Å². The maximum atomic E-state index is 12.9. The molecule has 4 rings (SSSR count). The lowest BCUT2D eigenvalue weighted by Crippen LogP contribution is -2.39. The van der Waals surface area contributed by atoms with E-state index in [1.165, 1.54) is 0 Å². The molecule has 0 atom stereocenters. The fourth-order valence-electron chi connectivity index (χ4n) is 3.41. The summed E-state index contributed by atoms with van der Waals surface area (Å²) in [5, 5.41) is 7.27. The molecule has 1 aromatic heterocycles. The van der Waals surface area contributed by atoms with Crippen LogP contribution in [0, 0.1) is 6.92 Å². The maximum absolute atomic E-state index is 12.9. The number of hydrogen-bond donors (Lipinski definition) is 1. The van der Waals surface area contributed by atoms with Crippen LogP contribution in [0.15, 0.2) is 53.1 Å². The predicted octanol–water partition coefficient (Wildman–Crippen LogP) is 4.08. The van der Waals surface area contributed by atoms with Crippen molar-refractivity contribution in [2.24, 2.45) is 0 Å². The van der Waals surface area contributed by atoms with Crippen LogP contribution >= 0.6 is 11.6 Å². The van der Waals surface area contributed by atoms with Gasteiger partial charge in [0.05, 0.1) is 0 Å². The molecular weight excluding hydrogens is 418 g/mol. The summed E-state index contributed by atoms with van der Waals surface area (Å²) in [7, 11) is 0. The first-order chi connectivity index (χ1) is 15.0.